The van der Waals surface area contributed by atoms with E-state index in [4.69, 9.17) is 18.8 Å². The van der Waals surface area contributed by atoms with E-state index in [1.54, 1.807) is 42.6 Å². The Balaban J connectivity index is 1.07. The van der Waals surface area contributed by atoms with Gasteiger partial charge in [0.15, 0.2) is 11.5 Å². The summed E-state index contributed by atoms with van der Waals surface area (Å²) < 4.78 is 16.2. The number of anilines is 2. The molecule has 0 unspecified atom stereocenters. The molecule has 0 saturated carbocycles. The smallest absolute Gasteiger partial charge is 0.335 e. The monoisotopic (exact) mass is 502 g/mol. The van der Waals surface area contributed by atoms with Gasteiger partial charge in [-0.1, -0.05) is 11.2 Å². The molecular formula is C27H26N4O6. The van der Waals surface area contributed by atoms with Gasteiger partial charge in [-0.15, -0.1) is 0 Å². The van der Waals surface area contributed by atoms with Gasteiger partial charge in [0.2, 0.25) is 5.76 Å². The molecule has 0 spiro atoms. The predicted molar refractivity (Wildman–Crippen MR) is 135 cm³/mol. The van der Waals surface area contributed by atoms with Crippen LogP contribution in [0.25, 0.3) is 11.5 Å². The van der Waals surface area contributed by atoms with E-state index in [9.17, 15) is 9.59 Å². The third-order valence-electron chi connectivity index (χ3n) is 6.33. The molecule has 0 atom stereocenters. The van der Waals surface area contributed by atoms with Crippen LogP contribution in [0, 0.1) is 5.92 Å². The number of ether oxygens (including phenoxy) is 1. The maximum Gasteiger partial charge on any atom is 0.335 e. The summed E-state index contributed by atoms with van der Waals surface area (Å²) in [5, 5.41) is 15.7. The van der Waals surface area contributed by atoms with Crippen molar-refractivity contribution < 1.29 is 28.4 Å². The molecule has 1 aliphatic rings. The summed E-state index contributed by atoms with van der Waals surface area (Å²) in [6.07, 6.45) is 6.10. The van der Waals surface area contributed by atoms with Crippen molar-refractivity contribution in [3.63, 3.8) is 0 Å². The Kier molecular flexibility index (Phi) is 7.16. The summed E-state index contributed by atoms with van der Waals surface area (Å²) in [5.41, 5.74) is 0.938. The number of pyridine rings is 1. The standard InChI is InChI=1S/C27H26N4O6/c32-26(22-16-24(37-30-22)23-5-2-13-36-23)29-20-6-7-25(28-17-20)31-11-8-18(9-12-31)10-14-35-21-4-1-3-19(15-21)27(33)34/h1-7,13,15-18H,8-12,14H2,(H,29,32)(H,33,34). The minimum Gasteiger partial charge on any atom is -0.494 e. The summed E-state index contributed by atoms with van der Waals surface area (Å²) >= 11 is 0. The first-order valence-electron chi connectivity index (χ1n) is 12.0. The van der Waals surface area contributed by atoms with Crippen molar-refractivity contribution in [3.8, 4) is 17.3 Å². The van der Waals surface area contributed by atoms with E-state index in [2.05, 4.69) is 20.4 Å². The highest BCUT2D eigenvalue weighted by Gasteiger charge is 2.21. The summed E-state index contributed by atoms with van der Waals surface area (Å²) in [5.74, 6) is 1.50. The fourth-order valence-electron chi connectivity index (χ4n) is 4.27. The number of furan rings is 1. The Morgan fingerprint density at radius 1 is 1.08 bits per heavy atom. The molecule has 1 aliphatic heterocycles. The lowest BCUT2D eigenvalue weighted by molar-refractivity contribution is 0.0696. The molecule has 2 N–H and O–H groups in total. The van der Waals surface area contributed by atoms with Crippen LogP contribution in [0.2, 0.25) is 0 Å². The second-order valence-electron chi connectivity index (χ2n) is 8.81. The minimum absolute atomic E-state index is 0.149. The van der Waals surface area contributed by atoms with E-state index in [0.717, 1.165) is 38.2 Å². The lowest BCUT2D eigenvalue weighted by Gasteiger charge is -2.32. The average molecular weight is 503 g/mol. The van der Waals surface area contributed by atoms with Gasteiger partial charge in [0, 0.05) is 19.2 Å². The van der Waals surface area contributed by atoms with Gasteiger partial charge < -0.3 is 29.0 Å². The Morgan fingerprint density at radius 2 is 1.95 bits per heavy atom. The van der Waals surface area contributed by atoms with Crippen LogP contribution in [0.5, 0.6) is 5.75 Å². The molecule has 5 rings (SSSR count). The molecule has 10 nitrogen and oxygen atoms in total. The van der Waals surface area contributed by atoms with Gasteiger partial charge in [-0.2, -0.15) is 0 Å². The summed E-state index contributed by atoms with van der Waals surface area (Å²) in [4.78, 5) is 30.3. The normalized spacial score (nSPS) is 13.9. The molecule has 1 amide bonds. The highest BCUT2D eigenvalue weighted by atomic mass is 16.5. The zero-order valence-corrected chi connectivity index (χ0v) is 20.0. The molecule has 1 fully saturated rings. The average Bonchev–Trinajstić information content (AvgIpc) is 3.63. The fraction of sp³-hybridized carbons (Fsp3) is 0.259. The number of carbonyl (C=O) groups excluding carboxylic acids is 1. The number of carbonyl (C=O) groups is 2. The van der Waals surface area contributed by atoms with Gasteiger partial charge in [0.05, 0.1) is 30.3 Å². The van der Waals surface area contributed by atoms with Gasteiger partial charge in [-0.25, -0.2) is 9.78 Å². The number of nitrogens with zero attached hydrogens (tertiary/aromatic N) is 3. The van der Waals surface area contributed by atoms with Crippen LogP contribution in [-0.4, -0.2) is 46.8 Å². The molecule has 0 radical (unpaired) electrons. The van der Waals surface area contributed by atoms with E-state index >= 15 is 0 Å². The van der Waals surface area contributed by atoms with Crippen molar-refractivity contribution >= 4 is 23.4 Å². The first-order valence-corrected chi connectivity index (χ1v) is 12.0. The third-order valence-corrected chi connectivity index (χ3v) is 6.33. The highest BCUT2D eigenvalue weighted by molar-refractivity contribution is 6.03. The number of piperidine rings is 1. The Labute approximate surface area is 212 Å². The molecule has 10 heteroatoms. The molecule has 1 saturated heterocycles. The number of nitrogens with one attached hydrogen (secondary N) is 1. The van der Waals surface area contributed by atoms with Crippen molar-refractivity contribution in [2.24, 2.45) is 5.92 Å². The number of amides is 1. The van der Waals surface area contributed by atoms with Crippen LogP contribution in [0.15, 0.2) is 76.0 Å². The van der Waals surface area contributed by atoms with E-state index in [1.165, 1.54) is 12.3 Å². The molecular weight excluding hydrogens is 476 g/mol. The van der Waals surface area contributed by atoms with Crippen molar-refractivity contribution in [1.82, 2.24) is 10.1 Å². The summed E-state index contributed by atoms with van der Waals surface area (Å²) in [6.45, 7) is 2.31. The van der Waals surface area contributed by atoms with Crippen molar-refractivity contribution in [2.45, 2.75) is 19.3 Å². The molecule has 0 bridgehead atoms. The maximum atomic E-state index is 12.5. The molecule has 4 heterocycles. The van der Waals surface area contributed by atoms with Crippen LogP contribution < -0.4 is 15.0 Å². The zero-order chi connectivity index (χ0) is 25.6. The van der Waals surface area contributed by atoms with Crippen LogP contribution in [0.1, 0.15) is 40.1 Å². The minimum atomic E-state index is -0.962. The van der Waals surface area contributed by atoms with Gasteiger partial charge >= 0.3 is 5.97 Å². The largest absolute Gasteiger partial charge is 0.494 e. The Bertz CT molecular complexity index is 1340. The van der Waals surface area contributed by atoms with Crippen molar-refractivity contribution in [1.29, 1.82) is 0 Å². The number of aromatic nitrogens is 2. The van der Waals surface area contributed by atoms with Gasteiger partial charge in [-0.05, 0) is 67.6 Å². The van der Waals surface area contributed by atoms with Gasteiger partial charge in [0.25, 0.3) is 5.91 Å². The Hall–Kier alpha value is -4.60. The molecule has 3 aromatic heterocycles. The lowest BCUT2D eigenvalue weighted by Crippen LogP contribution is -2.34. The fourth-order valence-corrected chi connectivity index (χ4v) is 4.27. The number of benzene rings is 1. The first-order chi connectivity index (χ1) is 18.0. The Morgan fingerprint density at radius 3 is 2.68 bits per heavy atom. The maximum absolute atomic E-state index is 12.5. The predicted octanol–water partition coefficient (Wildman–Crippen LogP) is 4.97. The number of hydrogen-bond acceptors (Lipinski definition) is 8. The van der Waals surface area contributed by atoms with E-state index in [-0.39, 0.29) is 11.3 Å². The van der Waals surface area contributed by atoms with Crippen LogP contribution in [0.3, 0.4) is 0 Å². The highest BCUT2D eigenvalue weighted by Crippen LogP contribution is 2.26. The van der Waals surface area contributed by atoms with Crippen LogP contribution in [-0.2, 0) is 0 Å². The molecule has 1 aromatic carbocycles. The van der Waals surface area contributed by atoms with E-state index in [1.807, 2.05) is 12.1 Å². The van der Waals surface area contributed by atoms with Gasteiger partial charge in [0.1, 0.15) is 11.6 Å². The molecule has 0 aliphatic carbocycles. The van der Waals surface area contributed by atoms with Crippen LogP contribution in [0.4, 0.5) is 11.5 Å². The quantitative estimate of drug-likeness (QED) is 0.326. The number of carboxylic acids is 1. The number of aromatic carboxylic acids is 1. The first kappa shape index (κ1) is 24.1. The number of carboxylic acid groups (broad SMARTS) is 1. The summed E-state index contributed by atoms with van der Waals surface area (Å²) in [6, 6.07) is 15.3. The van der Waals surface area contributed by atoms with Crippen molar-refractivity contribution in [2.75, 3.05) is 29.9 Å². The number of hydrogen-bond donors (Lipinski definition) is 2. The van der Waals surface area contributed by atoms with Crippen LogP contribution >= 0.6 is 0 Å². The zero-order valence-electron chi connectivity index (χ0n) is 20.0. The molecule has 4 aromatic rings. The molecule has 37 heavy (non-hydrogen) atoms. The summed E-state index contributed by atoms with van der Waals surface area (Å²) in [7, 11) is 0. The van der Waals surface area contributed by atoms with E-state index < -0.39 is 11.9 Å². The SMILES string of the molecule is O=C(O)c1cccc(OCCC2CCN(c3ccc(NC(=O)c4cc(-c5ccco5)on4)cn3)CC2)c1. The number of rotatable bonds is 9. The molecule has 190 valence electrons. The second kappa shape index (κ2) is 11.0. The topological polar surface area (TPSA) is 131 Å². The van der Waals surface area contributed by atoms with Gasteiger partial charge in [-0.3, -0.25) is 4.79 Å². The third kappa shape index (κ3) is 5.97. The van der Waals surface area contributed by atoms with Crippen molar-refractivity contribution in [3.05, 3.63) is 78.3 Å². The lowest BCUT2D eigenvalue weighted by atomic mass is 9.94. The second-order valence-corrected chi connectivity index (χ2v) is 8.81. The van der Waals surface area contributed by atoms with E-state index in [0.29, 0.717) is 35.5 Å².